The molecular weight excluding hydrogens is 426 g/mol. The number of benzene rings is 1. The third-order valence-electron chi connectivity index (χ3n) is 4.31. The molecule has 1 saturated heterocycles. The highest BCUT2D eigenvalue weighted by molar-refractivity contribution is 7.89. The molecule has 2 heterocycles. The molecular formula is C18H18F2N2O5S2. The summed E-state index contributed by atoms with van der Waals surface area (Å²) in [6, 6.07) is 4.39. The summed E-state index contributed by atoms with van der Waals surface area (Å²) in [6.07, 6.45) is 2.44. The molecule has 0 saturated carbocycles. The summed E-state index contributed by atoms with van der Waals surface area (Å²) >= 11 is 0.877. The van der Waals surface area contributed by atoms with Crippen LogP contribution in [-0.4, -0.2) is 44.3 Å². The van der Waals surface area contributed by atoms with Crippen molar-refractivity contribution in [3.8, 4) is 0 Å². The van der Waals surface area contributed by atoms with E-state index in [1.165, 1.54) is 15.8 Å². The van der Waals surface area contributed by atoms with Crippen LogP contribution >= 0.6 is 11.3 Å². The van der Waals surface area contributed by atoms with Crippen LogP contribution in [0.5, 0.6) is 0 Å². The van der Waals surface area contributed by atoms with Gasteiger partial charge in [-0.2, -0.15) is 4.31 Å². The first-order chi connectivity index (χ1) is 13.8. The summed E-state index contributed by atoms with van der Waals surface area (Å²) in [5, 5.41) is 3.43. The second kappa shape index (κ2) is 8.97. The summed E-state index contributed by atoms with van der Waals surface area (Å²) in [6.45, 7) is -0.0692. The number of thiophene rings is 1. The predicted octanol–water partition coefficient (Wildman–Crippen LogP) is 3.00. The van der Waals surface area contributed by atoms with E-state index in [9.17, 15) is 26.8 Å². The van der Waals surface area contributed by atoms with E-state index in [0.29, 0.717) is 13.1 Å². The molecule has 0 bridgehead atoms. The van der Waals surface area contributed by atoms with E-state index in [2.05, 4.69) is 0 Å². The maximum absolute atomic E-state index is 13.6. The Bertz CT molecular complexity index is 997. The van der Waals surface area contributed by atoms with E-state index >= 15 is 0 Å². The average molecular weight is 444 g/mol. The molecule has 1 aromatic carbocycles. The fraction of sp³-hybridized carbons (Fsp3) is 0.333. The van der Waals surface area contributed by atoms with Crippen molar-refractivity contribution in [3.05, 3.63) is 46.2 Å². The van der Waals surface area contributed by atoms with E-state index in [0.717, 1.165) is 48.8 Å². The van der Waals surface area contributed by atoms with Crippen LogP contribution < -0.4 is 5.32 Å². The minimum absolute atomic E-state index is 0.152. The molecule has 29 heavy (non-hydrogen) atoms. The summed E-state index contributed by atoms with van der Waals surface area (Å²) in [4.78, 5) is 23.9. The SMILES string of the molecule is O=C(COC(=O)c1sccc1S(=O)(=O)N1CCCCC1)Nc1c(F)cccc1F. The minimum atomic E-state index is -3.85. The lowest BCUT2D eigenvalue weighted by atomic mass is 10.2. The number of nitrogens with zero attached hydrogens (tertiary/aromatic N) is 1. The number of amides is 1. The normalized spacial score (nSPS) is 15.1. The van der Waals surface area contributed by atoms with E-state index in [-0.39, 0.29) is 9.77 Å². The van der Waals surface area contributed by atoms with Crippen LogP contribution in [0.1, 0.15) is 28.9 Å². The molecule has 0 spiro atoms. The number of carbonyl (C=O) groups is 2. The van der Waals surface area contributed by atoms with Crippen molar-refractivity contribution in [1.29, 1.82) is 0 Å². The van der Waals surface area contributed by atoms with Crippen molar-refractivity contribution in [2.75, 3.05) is 25.0 Å². The molecule has 1 aliphatic rings. The zero-order valence-corrected chi connectivity index (χ0v) is 16.8. The van der Waals surface area contributed by atoms with Crippen molar-refractivity contribution in [1.82, 2.24) is 4.31 Å². The maximum Gasteiger partial charge on any atom is 0.350 e. The molecule has 0 aliphatic carbocycles. The molecule has 1 fully saturated rings. The number of nitrogens with one attached hydrogen (secondary N) is 1. The molecule has 1 amide bonds. The summed E-state index contributed by atoms with van der Waals surface area (Å²) < 4.78 is 58.9. The minimum Gasteiger partial charge on any atom is -0.451 e. The highest BCUT2D eigenvalue weighted by atomic mass is 32.2. The van der Waals surface area contributed by atoms with Crippen molar-refractivity contribution in [3.63, 3.8) is 0 Å². The number of para-hydroxylation sites is 1. The quantitative estimate of drug-likeness (QED) is 0.692. The Hall–Kier alpha value is -2.37. The third-order valence-corrected chi connectivity index (χ3v) is 7.27. The lowest BCUT2D eigenvalue weighted by Crippen LogP contribution is -2.36. The highest BCUT2D eigenvalue weighted by Gasteiger charge is 2.31. The number of ether oxygens (including phenoxy) is 1. The van der Waals surface area contributed by atoms with Crippen LogP contribution in [0.15, 0.2) is 34.5 Å². The van der Waals surface area contributed by atoms with Crippen LogP contribution in [0.3, 0.4) is 0 Å². The molecule has 0 radical (unpaired) electrons. The largest absolute Gasteiger partial charge is 0.451 e. The van der Waals surface area contributed by atoms with Crippen LogP contribution in [0.2, 0.25) is 0 Å². The Morgan fingerprint density at radius 2 is 1.76 bits per heavy atom. The summed E-state index contributed by atoms with van der Waals surface area (Å²) in [5.41, 5.74) is -0.655. The molecule has 3 rings (SSSR count). The smallest absolute Gasteiger partial charge is 0.350 e. The Morgan fingerprint density at radius 1 is 1.10 bits per heavy atom. The van der Waals surface area contributed by atoms with Crippen LogP contribution in [0.25, 0.3) is 0 Å². The van der Waals surface area contributed by atoms with E-state index < -0.39 is 45.8 Å². The molecule has 0 unspecified atom stereocenters. The monoisotopic (exact) mass is 444 g/mol. The zero-order valence-electron chi connectivity index (χ0n) is 15.2. The number of carbonyl (C=O) groups excluding carboxylic acids is 2. The fourth-order valence-corrected chi connectivity index (χ4v) is 5.68. The predicted molar refractivity (Wildman–Crippen MR) is 102 cm³/mol. The molecule has 156 valence electrons. The highest BCUT2D eigenvalue weighted by Crippen LogP contribution is 2.28. The molecule has 1 aromatic heterocycles. The van der Waals surface area contributed by atoms with Crippen molar-refractivity contribution >= 4 is 38.9 Å². The molecule has 7 nitrogen and oxygen atoms in total. The van der Waals surface area contributed by atoms with Gasteiger partial charge in [0, 0.05) is 13.1 Å². The Kier molecular flexibility index (Phi) is 6.60. The van der Waals surface area contributed by atoms with Gasteiger partial charge in [0.25, 0.3) is 5.91 Å². The lowest BCUT2D eigenvalue weighted by molar-refractivity contribution is -0.119. The maximum atomic E-state index is 13.6. The number of hydrogen-bond donors (Lipinski definition) is 1. The van der Waals surface area contributed by atoms with Gasteiger partial charge in [0.2, 0.25) is 10.0 Å². The van der Waals surface area contributed by atoms with Crippen molar-refractivity contribution in [2.24, 2.45) is 0 Å². The zero-order chi connectivity index (χ0) is 21.0. The molecule has 0 atom stereocenters. The number of hydrogen-bond acceptors (Lipinski definition) is 6. The Morgan fingerprint density at radius 3 is 2.41 bits per heavy atom. The number of piperidine rings is 1. The van der Waals surface area contributed by atoms with Gasteiger partial charge in [0.15, 0.2) is 6.61 Å². The standard InChI is InChI=1S/C18H18F2N2O5S2/c19-12-5-4-6-13(20)16(12)21-15(23)11-27-18(24)17-14(7-10-28-17)29(25,26)22-8-2-1-3-9-22/h4-7,10H,1-3,8-9,11H2,(H,21,23). The van der Waals surface area contributed by atoms with Gasteiger partial charge in [0.1, 0.15) is 27.1 Å². The van der Waals surface area contributed by atoms with Gasteiger partial charge in [-0.05, 0) is 36.4 Å². The fourth-order valence-electron chi connectivity index (χ4n) is 2.88. The van der Waals surface area contributed by atoms with Gasteiger partial charge >= 0.3 is 5.97 Å². The van der Waals surface area contributed by atoms with Gasteiger partial charge in [-0.3, -0.25) is 4.79 Å². The average Bonchev–Trinajstić information content (AvgIpc) is 3.21. The lowest BCUT2D eigenvalue weighted by Gasteiger charge is -2.25. The van der Waals surface area contributed by atoms with Crippen LogP contribution in [-0.2, 0) is 19.6 Å². The van der Waals surface area contributed by atoms with Gasteiger partial charge in [0.05, 0.1) is 0 Å². The number of rotatable bonds is 6. The van der Waals surface area contributed by atoms with Gasteiger partial charge in [-0.25, -0.2) is 22.0 Å². The number of sulfonamides is 1. The van der Waals surface area contributed by atoms with Crippen LogP contribution in [0, 0.1) is 11.6 Å². The third kappa shape index (κ3) is 4.80. The number of esters is 1. The molecule has 1 N–H and O–H groups in total. The van der Waals surface area contributed by atoms with Gasteiger partial charge in [-0.1, -0.05) is 12.5 Å². The first-order valence-corrected chi connectivity index (χ1v) is 11.1. The topological polar surface area (TPSA) is 92.8 Å². The summed E-state index contributed by atoms with van der Waals surface area (Å²) in [5.74, 6) is -3.91. The number of halogens is 2. The van der Waals surface area contributed by atoms with Crippen LogP contribution in [0.4, 0.5) is 14.5 Å². The Balaban J connectivity index is 1.66. The van der Waals surface area contributed by atoms with Crippen molar-refractivity contribution in [2.45, 2.75) is 24.2 Å². The van der Waals surface area contributed by atoms with E-state index in [1.807, 2.05) is 5.32 Å². The number of anilines is 1. The second-order valence-corrected chi connectivity index (χ2v) is 9.12. The van der Waals surface area contributed by atoms with Crippen molar-refractivity contribution < 1.29 is 31.5 Å². The molecule has 2 aromatic rings. The van der Waals surface area contributed by atoms with Gasteiger partial charge < -0.3 is 10.1 Å². The van der Waals surface area contributed by atoms with Gasteiger partial charge in [-0.15, -0.1) is 11.3 Å². The molecule has 1 aliphatic heterocycles. The Labute approximate surface area is 170 Å². The van der Waals surface area contributed by atoms with E-state index in [4.69, 9.17) is 4.74 Å². The first kappa shape index (κ1) is 21.3. The summed E-state index contributed by atoms with van der Waals surface area (Å²) in [7, 11) is -3.85. The second-order valence-electron chi connectivity index (χ2n) is 6.30. The van der Waals surface area contributed by atoms with E-state index in [1.54, 1.807) is 0 Å². The first-order valence-electron chi connectivity index (χ1n) is 8.79. The molecule has 11 heteroatoms.